The minimum Gasteiger partial charge on any atom is -0.391 e. The Balaban J connectivity index is 2.34. The maximum atomic E-state index is 13.0. The number of carbonyl (C=O) groups excluding carboxylic acids is 1. The third-order valence-corrected chi connectivity index (χ3v) is 14.4. The van der Waals surface area contributed by atoms with Crippen LogP contribution >= 0.6 is 7.82 Å². The molecule has 0 saturated heterocycles. The number of unbranched alkanes of at least 4 members (excludes halogenated alkanes) is 35. The van der Waals surface area contributed by atoms with Gasteiger partial charge in [-0.05, 0) is 12.8 Å². The van der Waals surface area contributed by atoms with Crippen molar-refractivity contribution in [2.75, 3.05) is 6.61 Å². The van der Waals surface area contributed by atoms with Gasteiger partial charge >= 0.3 is 7.82 Å². The summed E-state index contributed by atoms with van der Waals surface area (Å²) in [5.74, 6) is -0.302. The number of carbonyl (C=O) groups is 1. The molecule has 0 bridgehead atoms. The molecule has 0 spiro atoms. The lowest BCUT2D eigenvalue weighted by atomic mass is 9.85. The van der Waals surface area contributed by atoms with Crippen molar-refractivity contribution in [3.8, 4) is 0 Å². The van der Waals surface area contributed by atoms with Gasteiger partial charge < -0.3 is 40.8 Å². The lowest BCUT2D eigenvalue weighted by molar-refractivity contribution is -0.220. The van der Waals surface area contributed by atoms with Gasteiger partial charge in [-0.15, -0.1) is 0 Å². The van der Waals surface area contributed by atoms with E-state index in [2.05, 4.69) is 19.2 Å². The van der Waals surface area contributed by atoms with Crippen molar-refractivity contribution in [3.63, 3.8) is 0 Å². The monoisotopic (exact) mass is 936 g/mol. The Morgan fingerprint density at radius 3 is 1.08 bits per heavy atom. The van der Waals surface area contributed by atoms with Crippen LogP contribution in [0.2, 0.25) is 0 Å². The predicted octanol–water partition coefficient (Wildman–Crippen LogP) is 11.4. The number of amides is 1. The molecule has 0 aromatic carbocycles. The van der Waals surface area contributed by atoms with Gasteiger partial charge in [-0.1, -0.05) is 245 Å². The molecule has 1 aliphatic carbocycles. The lowest BCUT2D eigenvalue weighted by Crippen LogP contribution is -2.64. The summed E-state index contributed by atoms with van der Waals surface area (Å²) < 4.78 is 23.1. The summed E-state index contributed by atoms with van der Waals surface area (Å²) in [6, 6.07) is -1.03. The van der Waals surface area contributed by atoms with Crippen LogP contribution in [0.4, 0.5) is 0 Å². The molecule has 0 aromatic rings. The van der Waals surface area contributed by atoms with E-state index in [4.69, 9.17) is 9.05 Å². The largest absolute Gasteiger partial charge is 0.472 e. The van der Waals surface area contributed by atoms with Crippen LogP contribution < -0.4 is 5.32 Å². The average molecular weight is 936 g/mol. The fraction of sp³-hybridized carbons (Fsp3) is 0.980. The van der Waals surface area contributed by atoms with Crippen LogP contribution in [-0.2, 0) is 18.4 Å². The lowest BCUT2D eigenvalue weighted by Gasteiger charge is -2.41. The second-order valence-electron chi connectivity index (χ2n) is 19.4. The Hall–Kier alpha value is -0.660. The summed E-state index contributed by atoms with van der Waals surface area (Å²) in [5.41, 5.74) is 0. The number of aliphatic hydroxyl groups excluding tert-OH is 6. The molecule has 6 unspecified atom stereocenters. The second-order valence-corrected chi connectivity index (χ2v) is 20.8. The summed E-state index contributed by atoms with van der Waals surface area (Å²) >= 11 is 0. The highest BCUT2D eigenvalue weighted by Crippen LogP contribution is 2.47. The van der Waals surface area contributed by atoms with Gasteiger partial charge in [-0.3, -0.25) is 13.8 Å². The van der Waals surface area contributed by atoms with E-state index in [0.717, 1.165) is 38.5 Å². The van der Waals surface area contributed by atoms with E-state index in [9.17, 15) is 44.9 Å². The standard InChI is InChI=1S/C51H102NO11P/c1-3-5-7-9-11-13-15-17-19-20-21-22-23-24-25-27-29-31-33-35-37-39-41-45(54)52-43(42-62-64(60,61)63-51-49(58)47(56)46(55)48(57)50(51)59)44(53)40-38-36-34-32-30-28-26-18-16-14-12-10-8-6-4-2/h43-44,46-51,53,55-59H,3-42H2,1-2H3,(H,52,54)(H,60,61)/t43-,44+,46?,47+,48?,49?,50?,51?/m0/s1. The van der Waals surface area contributed by atoms with Crippen LogP contribution in [0.3, 0.4) is 0 Å². The van der Waals surface area contributed by atoms with Crippen LogP contribution in [0.5, 0.6) is 0 Å². The van der Waals surface area contributed by atoms with Gasteiger partial charge in [0.1, 0.15) is 36.6 Å². The third-order valence-electron chi connectivity index (χ3n) is 13.4. The van der Waals surface area contributed by atoms with Gasteiger partial charge in [0.2, 0.25) is 5.91 Å². The van der Waals surface area contributed by atoms with Crippen LogP contribution in [0, 0.1) is 0 Å². The highest BCUT2D eigenvalue weighted by molar-refractivity contribution is 7.47. The predicted molar refractivity (Wildman–Crippen MR) is 260 cm³/mol. The number of hydrogen-bond donors (Lipinski definition) is 8. The molecule has 9 atom stereocenters. The number of phosphoric acid groups is 1. The normalized spacial score (nSPS) is 22.1. The number of hydrogen-bond acceptors (Lipinski definition) is 10. The smallest absolute Gasteiger partial charge is 0.391 e. The van der Waals surface area contributed by atoms with Crippen LogP contribution in [0.1, 0.15) is 264 Å². The molecular weight excluding hydrogens is 834 g/mol. The fourth-order valence-corrected chi connectivity index (χ4v) is 10.00. The average Bonchev–Trinajstić information content (AvgIpc) is 3.28. The van der Waals surface area contributed by atoms with Crippen molar-refractivity contribution >= 4 is 13.7 Å². The number of aliphatic hydroxyl groups is 6. The van der Waals surface area contributed by atoms with Crippen LogP contribution in [-0.4, -0.2) is 96.8 Å². The Morgan fingerprint density at radius 2 is 0.750 bits per heavy atom. The molecule has 13 heteroatoms. The Morgan fingerprint density at radius 1 is 0.469 bits per heavy atom. The van der Waals surface area contributed by atoms with Gasteiger partial charge in [-0.25, -0.2) is 4.57 Å². The first-order chi connectivity index (χ1) is 30.9. The van der Waals surface area contributed by atoms with E-state index >= 15 is 0 Å². The molecule has 1 aliphatic rings. The minimum absolute atomic E-state index is 0.243. The van der Waals surface area contributed by atoms with Crippen molar-refractivity contribution in [1.29, 1.82) is 0 Å². The van der Waals surface area contributed by atoms with E-state index in [1.54, 1.807) is 0 Å². The molecule has 382 valence electrons. The van der Waals surface area contributed by atoms with Gasteiger partial charge in [0.05, 0.1) is 18.8 Å². The maximum Gasteiger partial charge on any atom is 0.472 e. The Kier molecular flexibility index (Phi) is 39.6. The van der Waals surface area contributed by atoms with Crippen molar-refractivity contribution in [3.05, 3.63) is 0 Å². The number of phosphoric ester groups is 1. The molecule has 1 fully saturated rings. The molecule has 1 rings (SSSR count). The zero-order valence-electron chi connectivity index (χ0n) is 41.1. The zero-order chi connectivity index (χ0) is 47.1. The van der Waals surface area contributed by atoms with Crippen molar-refractivity contribution in [2.24, 2.45) is 0 Å². The van der Waals surface area contributed by atoms with Crippen molar-refractivity contribution in [1.82, 2.24) is 5.32 Å². The summed E-state index contributed by atoms with van der Waals surface area (Å²) in [4.78, 5) is 23.5. The molecule has 12 nitrogen and oxygen atoms in total. The molecule has 1 saturated carbocycles. The Labute approximate surface area is 391 Å². The van der Waals surface area contributed by atoms with Crippen LogP contribution in [0.25, 0.3) is 0 Å². The quantitative estimate of drug-likeness (QED) is 0.0213. The Bertz CT molecular complexity index is 1090. The first-order valence-corrected chi connectivity index (χ1v) is 28.5. The molecule has 0 radical (unpaired) electrons. The van der Waals surface area contributed by atoms with E-state index in [-0.39, 0.29) is 12.3 Å². The van der Waals surface area contributed by atoms with E-state index in [1.807, 2.05) is 0 Å². The molecule has 0 heterocycles. The van der Waals surface area contributed by atoms with Gasteiger partial charge in [0.15, 0.2) is 0 Å². The molecule has 0 aromatic heterocycles. The van der Waals surface area contributed by atoms with Crippen molar-refractivity contribution in [2.45, 2.75) is 313 Å². The topological polar surface area (TPSA) is 206 Å². The van der Waals surface area contributed by atoms with E-state index in [0.29, 0.717) is 19.3 Å². The minimum atomic E-state index is -5.05. The number of nitrogens with one attached hydrogen (secondary N) is 1. The molecule has 8 N–H and O–H groups in total. The molecule has 64 heavy (non-hydrogen) atoms. The van der Waals surface area contributed by atoms with Crippen molar-refractivity contribution < 1.29 is 53.9 Å². The van der Waals surface area contributed by atoms with E-state index in [1.165, 1.54) is 186 Å². The summed E-state index contributed by atoms with van der Waals surface area (Å²) in [5, 5.41) is 64.3. The fourth-order valence-electron chi connectivity index (χ4n) is 9.03. The summed E-state index contributed by atoms with van der Waals surface area (Å²) in [6.45, 7) is 3.93. The SMILES string of the molecule is CCCCCCCCCCCCCCCCCCCCCCCCC(=O)N[C@@H](COP(=O)(O)OC1C(O)C(O)C(O)[C@@H](O)C1O)[C@H](O)CCCCCCCCCCCCCCCCC. The second kappa shape index (κ2) is 41.3. The summed E-state index contributed by atoms with van der Waals surface area (Å²) in [6.07, 6.45) is 34.2. The van der Waals surface area contributed by atoms with Gasteiger partial charge in [0, 0.05) is 6.42 Å². The van der Waals surface area contributed by atoms with Gasteiger partial charge in [-0.2, -0.15) is 0 Å². The maximum absolute atomic E-state index is 13.0. The van der Waals surface area contributed by atoms with Gasteiger partial charge in [0.25, 0.3) is 0 Å². The molecule has 1 amide bonds. The highest BCUT2D eigenvalue weighted by Gasteiger charge is 2.51. The first-order valence-electron chi connectivity index (χ1n) is 27.0. The number of rotatable bonds is 46. The molecular formula is C51H102NO11P. The first kappa shape index (κ1) is 61.4. The van der Waals surface area contributed by atoms with E-state index < -0.39 is 63.2 Å². The zero-order valence-corrected chi connectivity index (χ0v) is 42.0. The third kappa shape index (κ3) is 32.2. The summed E-state index contributed by atoms with van der Waals surface area (Å²) in [7, 11) is -5.05. The van der Waals surface area contributed by atoms with Crippen LogP contribution in [0.15, 0.2) is 0 Å². The molecule has 0 aliphatic heterocycles. The highest BCUT2D eigenvalue weighted by atomic mass is 31.2.